The third kappa shape index (κ3) is 4.16. The van der Waals surface area contributed by atoms with Crippen LogP contribution in [0.25, 0.3) is 0 Å². The number of piperidine rings is 1. The Kier molecular flexibility index (Phi) is 4.76. The molecule has 0 unspecified atom stereocenters. The largest absolute Gasteiger partial charge is 0.388 e. The highest BCUT2D eigenvalue weighted by Crippen LogP contribution is 2.30. The predicted molar refractivity (Wildman–Crippen MR) is 91.0 cm³/mol. The zero-order valence-corrected chi connectivity index (χ0v) is 13.8. The normalized spacial score (nSPS) is 20.7. The van der Waals surface area contributed by atoms with Crippen LogP contribution in [0.3, 0.4) is 0 Å². The molecule has 5 heteroatoms. The molecule has 1 aliphatic heterocycles. The molecule has 1 radical (unpaired) electrons. The Morgan fingerprint density at radius 2 is 1.96 bits per heavy atom. The van der Waals surface area contributed by atoms with Crippen LogP contribution >= 0.6 is 0 Å². The summed E-state index contributed by atoms with van der Waals surface area (Å²) in [4.78, 5) is 14.2. The van der Waals surface area contributed by atoms with Gasteiger partial charge in [-0.05, 0) is 62.3 Å². The standard InChI is InChI=1S/C18H26N3O2/c1-14-7-11-21(12-8-14)16-5-3-15(4-6-16)20-17(22)19-13-18(23)9-2-10-18/h3-6,14,23H,2,7-13H2,1H3,(H,19,22). The fourth-order valence-corrected chi connectivity index (χ4v) is 3.16. The van der Waals surface area contributed by atoms with E-state index in [0.717, 1.165) is 38.3 Å². The molecule has 1 heterocycles. The van der Waals surface area contributed by atoms with Crippen molar-refractivity contribution >= 4 is 17.4 Å². The second kappa shape index (κ2) is 6.79. The van der Waals surface area contributed by atoms with Gasteiger partial charge in [0.1, 0.15) is 0 Å². The second-order valence-electron chi connectivity index (χ2n) is 7.03. The van der Waals surface area contributed by atoms with Crippen LogP contribution in [0.1, 0.15) is 39.0 Å². The highest BCUT2D eigenvalue weighted by atomic mass is 16.3. The Morgan fingerprint density at radius 3 is 2.52 bits per heavy atom. The van der Waals surface area contributed by atoms with Crippen LogP contribution in [-0.4, -0.2) is 36.4 Å². The summed E-state index contributed by atoms with van der Waals surface area (Å²) in [5.41, 5.74) is 1.14. The third-order valence-corrected chi connectivity index (χ3v) is 5.08. The number of hydrogen-bond donors (Lipinski definition) is 2. The number of nitrogens with one attached hydrogen (secondary N) is 1. The van der Waals surface area contributed by atoms with Gasteiger partial charge in [-0.15, -0.1) is 0 Å². The molecule has 2 N–H and O–H groups in total. The molecule has 125 valence electrons. The average molecular weight is 316 g/mol. The van der Waals surface area contributed by atoms with E-state index in [4.69, 9.17) is 0 Å². The number of benzene rings is 1. The number of carbonyl (C=O) groups is 1. The lowest BCUT2D eigenvalue weighted by Gasteiger charge is -2.36. The first-order valence-corrected chi connectivity index (χ1v) is 8.61. The van der Waals surface area contributed by atoms with E-state index in [1.165, 1.54) is 18.5 Å². The van der Waals surface area contributed by atoms with Crippen LogP contribution in [0.5, 0.6) is 0 Å². The molecule has 2 fully saturated rings. The molecule has 0 atom stereocenters. The fraction of sp³-hybridized carbons (Fsp3) is 0.611. The number of hydrogen-bond acceptors (Lipinski definition) is 3. The second-order valence-corrected chi connectivity index (χ2v) is 7.03. The summed E-state index contributed by atoms with van der Waals surface area (Å²) in [7, 11) is 0. The number of rotatable bonds is 4. The highest BCUT2D eigenvalue weighted by Gasteiger charge is 2.34. The SMILES string of the molecule is CC1CCN(c2ccc([N]C(=O)NCC3(O)CCC3)cc2)CC1. The molecule has 23 heavy (non-hydrogen) atoms. The summed E-state index contributed by atoms with van der Waals surface area (Å²) in [5, 5.41) is 16.7. The van der Waals surface area contributed by atoms with Crippen molar-refractivity contribution < 1.29 is 9.90 Å². The van der Waals surface area contributed by atoms with Crippen LogP contribution in [0.4, 0.5) is 16.2 Å². The van der Waals surface area contributed by atoms with Crippen molar-refractivity contribution in [1.82, 2.24) is 10.6 Å². The Hall–Kier alpha value is -1.75. The summed E-state index contributed by atoms with van der Waals surface area (Å²) < 4.78 is 0. The maximum Gasteiger partial charge on any atom is 0.341 e. The van der Waals surface area contributed by atoms with Gasteiger partial charge in [-0.2, -0.15) is 5.32 Å². The van der Waals surface area contributed by atoms with Crippen LogP contribution in [0.15, 0.2) is 24.3 Å². The van der Waals surface area contributed by atoms with Gasteiger partial charge < -0.3 is 15.3 Å². The molecule has 5 nitrogen and oxygen atoms in total. The topological polar surface area (TPSA) is 66.7 Å². The maximum absolute atomic E-state index is 11.8. The van der Waals surface area contributed by atoms with Crippen molar-refractivity contribution in [3.05, 3.63) is 24.3 Å². The molecule has 1 saturated carbocycles. The lowest BCUT2D eigenvalue weighted by atomic mass is 9.80. The molecular formula is C18H26N3O2. The van der Waals surface area contributed by atoms with Crippen molar-refractivity contribution in [3.63, 3.8) is 0 Å². The number of urea groups is 1. The molecule has 1 aliphatic carbocycles. The minimum Gasteiger partial charge on any atom is -0.388 e. The first kappa shape index (κ1) is 16.1. The van der Waals surface area contributed by atoms with Gasteiger partial charge in [0.2, 0.25) is 0 Å². The number of carbonyl (C=O) groups excluding carboxylic acids is 1. The third-order valence-electron chi connectivity index (χ3n) is 5.08. The Morgan fingerprint density at radius 1 is 1.30 bits per heavy atom. The van der Waals surface area contributed by atoms with E-state index in [1.54, 1.807) is 0 Å². The lowest BCUT2D eigenvalue weighted by molar-refractivity contribution is -0.0289. The molecule has 1 aromatic carbocycles. The molecule has 1 aromatic rings. The molecule has 3 rings (SSSR count). The van der Waals surface area contributed by atoms with Gasteiger partial charge in [0.05, 0.1) is 11.3 Å². The fourth-order valence-electron chi connectivity index (χ4n) is 3.16. The van der Waals surface area contributed by atoms with Gasteiger partial charge in [0, 0.05) is 25.3 Å². The van der Waals surface area contributed by atoms with E-state index < -0.39 is 5.60 Å². The maximum atomic E-state index is 11.8. The van der Waals surface area contributed by atoms with E-state index in [2.05, 4.69) is 22.5 Å². The average Bonchev–Trinajstić information content (AvgIpc) is 2.53. The predicted octanol–water partition coefficient (Wildman–Crippen LogP) is 2.78. The summed E-state index contributed by atoms with van der Waals surface area (Å²) >= 11 is 0. The Labute approximate surface area is 138 Å². The van der Waals surface area contributed by atoms with E-state index in [0.29, 0.717) is 12.2 Å². The van der Waals surface area contributed by atoms with Crippen molar-refractivity contribution in [1.29, 1.82) is 0 Å². The minimum atomic E-state index is -0.708. The number of amides is 2. The summed E-state index contributed by atoms with van der Waals surface area (Å²) in [6, 6.07) is 7.43. The van der Waals surface area contributed by atoms with Gasteiger partial charge in [-0.3, -0.25) is 0 Å². The van der Waals surface area contributed by atoms with Gasteiger partial charge in [0.25, 0.3) is 0 Å². The molecular weight excluding hydrogens is 290 g/mol. The number of nitrogens with zero attached hydrogens (tertiary/aromatic N) is 2. The van der Waals surface area contributed by atoms with Crippen LogP contribution in [0, 0.1) is 5.92 Å². The van der Waals surface area contributed by atoms with E-state index in [9.17, 15) is 9.90 Å². The van der Waals surface area contributed by atoms with Crippen LogP contribution in [0.2, 0.25) is 0 Å². The van der Waals surface area contributed by atoms with Crippen LogP contribution in [-0.2, 0) is 0 Å². The van der Waals surface area contributed by atoms with Gasteiger partial charge in [-0.25, -0.2) is 4.79 Å². The van der Waals surface area contributed by atoms with Gasteiger partial charge in [0.15, 0.2) is 0 Å². The smallest absolute Gasteiger partial charge is 0.341 e. The van der Waals surface area contributed by atoms with Crippen LogP contribution < -0.4 is 15.5 Å². The van der Waals surface area contributed by atoms with Crippen molar-refractivity contribution in [2.45, 2.75) is 44.6 Å². The summed E-state index contributed by atoms with van der Waals surface area (Å²) in [6.45, 7) is 4.78. The molecule has 0 aromatic heterocycles. The zero-order valence-electron chi connectivity index (χ0n) is 13.8. The summed E-state index contributed by atoms with van der Waals surface area (Å²) in [6.07, 6.45) is 5.02. The van der Waals surface area contributed by atoms with Gasteiger partial charge in [-0.1, -0.05) is 6.92 Å². The Bertz CT molecular complexity index is 532. The van der Waals surface area contributed by atoms with E-state index in [1.807, 2.05) is 24.3 Å². The molecule has 0 spiro atoms. The monoisotopic (exact) mass is 316 g/mol. The van der Waals surface area contributed by atoms with Crippen molar-refractivity contribution in [2.24, 2.45) is 5.92 Å². The molecule has 0 bridgehead atoms. The number of aliphatic hydroxyl groups is 1. The van der Waals surface area contributed by atoms with E-state index >= 15 is 0 Å². The van der Waals surface area contributed by atoms with Gasteiger partial charge >= 0.3 is 6.03 Å². The van der Waals surface area contributed by atoms with Crippen molar-refractivity contribution in [3.8, 4) is 0 Å². The molecule has 2 aliphatic rings. The molecule has 1 saturated heterocycles. The zero-order chi connectivity index (χ0) is 16.3. The van der Waals surface area contributed by atoms with E-state index in [-0.39, 0.29) is 6.03 Å². The van der Waals surface area contributed by atoms with Crippen molar-refractivity contribution in [2.75, 3.05) is 24.5 Å². The summed E-state index contributed by atoms with van der Waals surface area (Å²) in [5.74, 6) is 0.815. The minimum absolute atomic E-state index is 0.291. The first-order chi connectivity index (χ1) is 11.0. The number of anilines is 1. The highest BCUT2D eigenvalue weighted by molar-refractivity contribution is 5.79. The lowest BCUT2D eigenvalue weighted by Crippen LogP contribution is -2.48. The Balaban J connectivity index is 1.48. The quantitative estimate of drug-likeness (QED) is 0.897. The molecule has 2 amide bonds. The first-order valence-electron chi connectivity index (χ1n) is 8.61.